The number of likely N-dealkylation sites (N-methyl/N-ethyl adjacent to an activating group) is 1. The number of carboxylic acids is 1. The molecule has 58 valence electrons. The number of aliphatic carboxylic acids is 1. The second-order valence-corrected chi connectivity index (χ2v) is 1.85. The number of carboxylic acid groups (broad SMARTS) is 1. The van der Waals surface area contributed by atoms with Gasteiger partial charge < -0.3 is 16.2 Å². The molecular weight excluding hydrogens is 136 g/mol. The van der Waals surface area contributed by atoms with Gasteiger partial charge in [0.2, 0.25) is 5.91 Å². The lowest BCUT2D eigenvalue weighted by molar-refractivity contribution is -0.141. The fraction of sp³-hybridized carbons (Fsp3) is 0.600. The summed E-state index contributed by atoms with van der Waals surface area (Å²) >= 11 is 0. The lowest BCUT2D eigenvalue weighted by Gasteiger charge is -2.06. The fourth-order valence-corrected chi connectivity index (χ4v) is 0.514. The van der Waals surface area contributed by atoms with Crippen LogP contribution < -0.4 is 11.1 Å². The van der Waals surface area contributed by atoms with Gasteiger partial charge in [0.05, 0.1) is 6.42 Å². The predicted octanol–water partition coefficient (Wildman–Crippen LogP) is -1.47. The molecule has 0 saturated carbocycles. The largest absolute Gasteiger partial charge is 0.480 e. The molecule has 4 N–H and O–H groups in total. The summed E-state index contributed by atoms with van der Waals surface area (Å²) in [5, 5.41) is 10.8. The average molecular weight is 146 g/mol. The maximum Gasteiger partial charge on any atom is 0.321 e. The number of nitrogens with one attached hydrogen (secondary N) is 1. The van der Waals surface area contributed by atoms with Crippen LogP contribution in [0.3, 0.4) is 0 Å². The van der Waals surface area contributed by atoms with Gasteiger partial charge in [-0.25, -0.2) is 0 Å². The molecule has 1 amide bonds. The summed E-state index contributed by atoms with van der Waals surface area (Å²) < 4.78 is 0. The van der Waals surface area contributed by atoms with Crippen molar-refractivity contribution in [3.05, 3.63) is 0 Å². The maximum atomic E-state index is 10.2. The Morgan fingerprint density at radius 3 is 2.30 bits per heavy atom. The van der Waals surface area contributed by atoms with Crippen LogP contribution in [0.25, 0.3) is 0 Å². The minimum atomic E-state index is -1.07. The first kappa shape index (κ1) is 8.90. The Balaban J connectivity index is 3.83. The van der Waals surface area contributed by atoms with E-state index in [1.165, 1.54) is 7.05 Å². The zero-order chi connectivity index (χ0) is 8.15. The Labute approximate surface area is 58.2 Å². The van der Waals surface area contributed by atoms with Gasteiger partial charge in [-0.05, 0) is 7.05 Å². The van der Waals surface area contributed by atoms with Crippen LogP contribution in [0, 0.1) is 0 Å². The SMILES string of the molecule is CNC(CC(N)=O)C(=O)O. The third-order valence-corrected chi connectivity index (χ3v) is 1.05. The molecule has 5 nitrogen and oxygen atoms in total. The highest BCUT2D eigenvalue weighted by molar-refractivity contribution is 5.83. The number of hydrogen-bond acceptors (Lipinski definition) is 3. The van der Waals surface area contributed by atoms with Gasteiger partial charge in [0.15, 0.2) is 0 Å². The zero-order valence-electron chi connectivity index (χ0n) is 5.63. The molecular formula is C5H10N2O3. The molecule has 0 bridgehead atoms. The van der Waals surface area contributed by atoms with Crippen LogP contribution in [0.15, 0.2) is 0 Å². The van der Waals surface area contributed by atoms with Gasteiger partial charge in [-0.2, -0.15) is 0 Å². The van der Waals surface area contributed by atoms with E-state index >= 15 is 0 Å². The van der Waals surface area contributed by atoms with Crippen molar-refractivity contribution in [3.8, 4) is 0 Å². The van der Waals surface area contributed by atoms with Crippen molar-refractivity contribution in [2.45, 2.75) is 12.5 Å². The van der Waals surface area contributed by atoms with Crippen LogP contribution >= 0.6 is 0 Å². The molecule has 0 aliphatic heterocycles. The monoisotopic (exact) mass is 146 g/mol. The van der Waals surface area contributed by atoms with Crippen LogP contribution in [0.4, 0.5) is 0 Å². The summed E-state index contributed by atoms with van der Waals surface area (Å²) in [6, 6.07) is -0.863. The molecule has 10 heavy (non-hydrogen) atoms. The number of carbonyl (C=O) groups is 2. The minimum absolute atomic E-state index is 0.175. The first-order valence-corrected chi connectivity index (χ1v) is 2.76. The Kier molecular flexibility index (Phi) is 3.42. The lowest BCUT2D eigenvalue weighted by Crippen LogP contribution is -2.37. The molecule has 5 heteroatoms. The van der Waals surface area contributed by atoms with Crippen molar-refractivity contribution in [1.82, 2.24) is 5.32 Å². The molecule has 0 heterocycles. The van der Waals surface area contributed by atoms with Crippen LogP contribution in [-0.4, -0.2) is 30.1 Å². The molecule has 1 atom stereocenters. The first-order chi connectivity index (χ1) is 4.57. The lowest BCUT2D eigenvalue weighted by atomic mass is 10.2. The molecule has 0 aromatic heterocycles. The molecule has 0 saturated heterocycles. The Morgan fingerprint density at radius 2 is 2.20 bits per heavy atom. The molecule has 0 spiro atoms. The topological polar surface area (TPSA) is 92.4 Å². The highest BCUT2D eigenvalue weighted by Crippen LogP contribution is 1.88. The van der Waals surface area contributed by atoms with Gasteiger partial charge >= 0.3 is 5.97 Å². The third-order valence-electron chi connectivity index (χ3n) is 1.05. The molecule has 0 rings (SSSR count). The van der Waals surface area contributed by atoms with Gasteiger partial charge in [0.1, 0.15) is 6.04 Å². The smallest absolute Gasteiger partial charge is 0.321 e. The van der Waals surface area contributed by atoms with Crippen molar-refractivity contribution in [2.24, 2.45) is 5.73 Å². The Bertz CT molecular complexity index is 146. The van der Waals surface area contributed by atoms with Crippen LogP contribution in [-0.2, 0) is 9.59 Å². The maximum absolute atomic E-state index is 10.2. The third kappa shape index (κ3) is 3.03. The van der Waals surface area contributed by atoms with Crippen molar-refractivity contribution in [2.75, 3.05) is 7.05 Å². The van der Waals surface area contributed by atoms with Crippen molar-refractivity contribution in [3.63, 3.8) is 0 Å². The van der Waals surface area contributed by atoms with E-state index < -0.39 is 17.9 Å². The van der Waals surface area contributed by atoms with Crippen LogP contribution in [0.1, 0.15) is 6.42 Å². The van der Waals surface area contributed by atoms with Crippen LogP contribution in [0.5, 0.6) is 0 Å². The number of hydrogen-bond donors (Lipinski definition) is 3. The minimum Gasteiger partial charge on any atom is -0.480 e. The summed E-state index contributed by atoms with van der Waals surface area (Å²) in [6.07, 6.45) is -0.175. The normalized spacial score (nSPS) is 12.5. The molecule has 0 aromatic carbocycles. The standard InChI is InChI=1S/C5H10N2O3/c1-7-3(5(9)10)2-4(6)8/h3,7H,2H2,1H3,(H2,6,8)(H,9,10). The summed E-state index contributed by atoms with van der Waals surface area (Å²) in [5.41, 5.74) is 4.76. The summed E-state index contributed by atoms with van der Waals surface area (Å²) in [7, 11) is 1.46. The number of nitrogens with two attached hydrogens (primary N) is 1. The quantitative estimate of drug-likeness (QED) is 0.451. The molecule has 0 fully saturated rings. The van der Waals surface area contributed by atoms with E-state index in [1.807, 2.05) is 0 Å². The summed E-state index contributed by atoms with van der Waals surface area (Å²) in [5.74, 6) is -1.69. The van der Waals surface area contributed by atoms with E-state index in [-0.39, 0.29) is 6.42 Å². The Morgan fingerprint density at radius 1 is 1.70 bits per heavy atom. The highest BCUT2D eigenvalue weighted by Gasteiger charge is 2.16. The van der Waals surface area contributed by atoms with E-state index in [9.17, 15) is 9.59 Å². The molecule has 1 unspecified atom stereocenters. The molecule has 0 aliphatic rings. The summed E-state index contributed by atoms with van der Waals surface area (Å²) in [6.45, 7) is 0. The van der Waals surface area contributed by atoms with Gasteiger partial charge in [0, 0.05) is 0 Å². The second-order valence-electron chi connectivity index (χ2n) is 1.85. The van der Waals surface area contributed by atoms with Crippen molar-refractivity contribution in [1.29, 1.82) is 0 Å². The van der Waals surface area contributed by atoms with Gasteiger partial charge in [0.25, 0.3) is 0 Å². The molecule has 0 aliphatic carbocycles. The van der Waals surface area contributed by atoms with Gasteiger partial charge in [-0.3, -0.25) is 9.59 Å². The number of carbonyl (C=O) groups excluding carboxylic acids is 1. The number of amides is 1. The Hall–Kier alpha value is -1.10. The second kappa shape index (κ2) is 3.84. The van der Waals surface area contributed by atoms with Crippen molar-refractivity contribution >= 4 is 11.9 Å². The van der Waals surface area contributed by atoms with Crippen LogP contribution in [0.2, 0.25) is 0 Å². The molecule has 0 radical (unpaired) electrons. The average Bonchev–Trinajstić information content (AvgIpc) is 1.81. The summed E-state index contributed by atoms with van der Waals surface area (Å²) in [4.78, 5) is 20.4. The van der Waals surface area contributed by atoms with E-state index in [0.717, 1.165) is 0 Å². The van der Waals surface area contributed by atoms with E-state index in [4.69, 9.17) is 10.8 Å². The number of primary amides is 1. The van der Waals surface area contributed by atoms with Gasteiger partial charge in [-0.1, -0.05) is 0 Å². The predicted molar refractivity (Wildman–Crippen MR) is 34.3 cm³/mol. The van der Waals surface area contributed by atoms with Gasteiger partial charge in [-0.15, -0.1) is 0 Å². The fourth-order valence-electron chi connectivity index (χ4n) is 0.514. The highest BCUT2D eigenvalue weighted by atomic mass is 16.4. The number of rotatable bonds is 4. The molecule has 0 aromatic rings. The van der Waals surface area contributed by atoms with E-state index in [1.54, 1.807) is 0 Å². The van der Waals surface area contributed by atoms with Crippen molar-refractivity contribution < 1.29 is 14.7 Å². The zero-order valence-corrected chi connectivity index (χ0v) is 5.63. The van der Waals surface area contributed by atoms with E-state index in [2.05, 4.69) is 5.32 Å². The van der Waals surface area contributed by atoms with E-state index in [0.29, 0.717) is 0 Å². The first-order valence-electron chi connectivity index (χ1n) is 2.76.